The van der Waals surface area contributed by atoms with E-state index >= 15 is 0 Å². The summed E-state index contributed by atoms with van der Waals surface area (Å²) in [7, 11) is -3.00. The van der Waals surface area contributed by atoms with Crippen LogP contribution in [0.15, 0.2) is 24.3 Å². The molecule has 2 saturated heterocycles. The lowest BCUT2D eigenvalue weighted by Crippen LogP contribution is -2.49. The van der Waals surface area contributed by atoms with Crippen molar-refractivity contribution in [1.29, 1.82) is 0 Å². The highest BCUT2D eigenvalue weighted by molar-refractivity contribution is 7.91. The number of ketones is 1. The number of nitrogens with zero attached hydrogens (tertiary/aromatic N) is 4. The Morgan fingerprint density at radius 1 is 1.06 bits per heavy atom. The number of hydrogen-bond acceptors (Lipinski definition) is 6. The third-order valence-electron chi connectivity index (χ3n) is 6.63. The zero-order valence-electron chi connectivity index (χ0n) is 18.9. The first-order valence-electron chi connectivity index (χ1n) is 11.0. The highest BCUT2D eigenvalue weighted by Gasteiger charge is 2.32. The molecule has 1 amide bonds. The first-order valence-corrected chi connectivity index (χ1v) is 12.9. The molecule has 3 heterocycles. The molecule has 1 aromatic heterocycles. The molecular formula is C23H30N4O4S. The van der Waals surface area contributed by atoms with Gasteiger partial charge < -0.3 is 9.80 Å². The lowest BCUT2D eigenvalue weighted by molar-refractivity contribution is -0.130. The molecule has 1 unspecified atom stereocenters. The van der Waals surface area contributed by atoms with Gasteiger partial charge in [0.1, 0.15) is 0 Å². The number of piperazine rings is 1. The Labute approximate surface area is 189 Å². The van der Waals surface area contributed by atoms with E-state index in [9.17, 15) is 18.0 Å². The molecule has 0 radical (unpaired) electrons. The number of rotatable bonds is 5. The summed E-state index contributed by atoms with van der Waals surface area (Å²) in [6.45, 7) is 8.13. The topological polar surface area (TPSA) is 92.6 Å². The number of amides is 1. The summed E-state index contributed by atoms with van der Waals surface area (Å²) in [6.07, 6.45) is 0.859. The van der Waals surface area contributed by atoms with Crippen LogP contribution in [0.25, 0.3) is 0 Å². The summed E-state index contributed by atoms with van der Waals surface area (Å²) >= 11 is 0. The average Bonchev–Trinajstić information content (AvgIpc) is 3.27. The first-order chi connectivity index (χ1) is 15.1. The van der Waals surface area contributed by atoms with Crippen LogP contribution < -0.4 is 4.90 Å². The number of carbonyl (C=O) groups is 2. The fraction of sp³-hybridized carbons (Fsp3) is 0.522. The van der Waals surface area contributed by atoms with Crippen molar-refractivity contribution < 1.29 is 18.0 Å². The van der Waals surface area contributed by atoms with Crippen molar-refractivity contribution in [3.8, 4) is 0 Å². The van der Waals surface area contributed by atoms with E-state index in [0.29, 0.717) is 25.1 Å². The highest BCUT2D eigenvalue weighted by atomic mass is 32.2. The molecule has 2 aliphatic rings. The van der Waals surface area contributed by atoms with Crippen molar-refractivity contribution in [3.63, 3.8) is 0 Å². The largest absolute Gasteiger partial charge is 0.368 e. The standard InChI is InChI=1S/C23H30N4O4S/c1-16-22(17(2)27(24-16)21-8-13-32(30,31)15-21)14-23(29)26-11-9-25(10-12-26)20-6-4-19(5-7-20)18(3)28/h4-7,21H,8-15H2,1-3H3. The molecule has 1 atom stereocenters. The normalized spacial score (nSPS) is 20.5. The third kappa shape index (κ3) is 4.57. The van der Waals surface area contributed by atoms with E-state index in [1.807, 2.05) is 47.7 Å². The number of anilines is 1. The van der Waals surface area contributed by atoms with Gasteiger partial charge in [0.2, 0.25) is 5.91 Å². The molecule has 172 valence electrons. The fourth-order valence-corrected chi connectivity index (χ4v) is 6.35. The SMILES string of the molecule is CC(=O)c1ccc(N2CCN(C(=O)Cc3c(C)nn(C4CCS(=O)(=O)C4)c3C)CC2)cc1. The maximum absolute atomic E-state index is 13.0. The zero-order chi connectivity index (χ0) is 23.0. The van der Waals surface area contributed by atoms with Crippen LogP contribution in [0.5, 0.6) is 0 Å². The molecular weight excluding hydrogens is 428 g/mol. The van der Waals surface area contributed by atoms with Crippen molar-refractivity contribution in [2.45, 2.75) is 39.7 Å². The second-order valence-electron chi connectivity index (χ2n) is 8.80. The lowest BCUT2D eigenvalue weighted by atomic mass is 10.1. The predicted molar refractivity (Wildman–Crippen MR) is 123 cm³/mol. The third-order valence-corrected chi connectivity index (χ3v) is 8.38. The number of carbonyl (C=O) groups excluding carboxylic acids is 2. The van der Waals surface area contributed by atoms with Gasteiger partial charge in [-0.15, -0.1) is 0 Å². The molecule has 2 fully saturated rings. The van der Waals surface area contributed by atoms with Crippen molar-refractivity contribution >= 4 is 27.2 Å². The van der Waals surface area contributed by atoms with Crippen LogP contribution in [-0.2, 0) is 21.1 Å². The monoisotopic (exact) mass is 458 g/mol. The van der Waals surface area contributed by atoms with Gasteiger partial charge in [0.05, 0.1) is 29.7 Å². The molecule has 8 nitrogen and oxygen atoms in total. The summed E-state index contributed by atoms with van der Waals surface area (Å²) in [5.41, 5.74) is 4.35. The Morgan fingerprint density at radius 2 is 1.72 bits per heavy atom. The van der Waals surface area contributed by atoms with E-state index in [4.69, 9.17) is 0 Å². The van der Waals surface area contributed by atoms with Crippen LogP contribution >= 0.6 is 0 Å². The molecule has 9 heteroatoms. The lowest BCUT2D eigenvalue weighted by Gasteiger charge is -2.36. The van der Waals surface area contributed by atoms with Gasteiger partial charge in [0, 0.05) is 48.7 Å². The van der Waals surface area contributed by atoms with Gasteiger partial charge >= 0.3 is 0 Å². The number of aromatic nitrogens is 2. The summed E-state index contributed by atoms with van der Waals surface area (Å²) in [6, 6.07) is 7.46. The van der Waals surface area contributed by atoms with Crippen molar-refractivity contribution in [1.82, 2.24) is 14.7 Å². The minimum Gasteiger partial charge on any atom is -0.368 e. The minimum absolute atomic E-state index is 0.0513. The second kappa shape index (κ2) is 8.69. The van der Waals surface area contributed by atoms with Gasteiger partial charge in [-0.3, -0.25) is 14.3 Å². The van der Waals surface area contributed by atoms with Gasteiger partial charge in [-0.25, -0.2) is 8.42 Å². The Balaban J connectivity index is 1.38. The minimum atomic E-state index is -3.00. The van der Waals surface area contributed by atoms with E-state index < -0.39 is 9.84 Å². The van der Waals surface area contributed by atoms with E-state index in [-0.39, 0.29) is 35.7 Å². The molecule has 0 N–H and O–H groups in total. The summed E-state index contributed by atoms with van der Waals surface area (Å²) in [5.74, 6) is 0.445. The smallest absolute Gasteiger partial charge is 0.227 e. The van der Waals surface area contributed by atoms with Gasteiger partial charge in [0.15, 0.2) is 15.6 Å². The molecule has 0 aliphatic carbocycles. The van der Waals surface area contributed by atoms with Crippen LogP contribution in [0.4, 0.5) is 5.69 Å². The Bertz CT molecular complexity index is 1130. The van der Waals surface area contributed by atoms with E-state index in [1.165, 1.54) is 0 Å². The first kappa shape index (κ1) is 22.5. The van der Waals surface area contributed by atoms with Crippen molar-refractivity contribution in [3.05, 3.63) is 46.8 Å². The number of Topliss-reactive ketones (excluding diaryl/α,β-unsaturated/α-hetero) is 1. The Hall–Kier alpha value is -2.68. The van der Waals surface area contributed by atoms with Crippen molar-refractivity contribution in [2.75, 3.05) is 42.6 Å². The van der Waals surface area contributed by atoms with E-state index in [0.717, 1.165) is 35.7 Å². The number of aryl methyl sites for hydroxylation is 1. The van der Waals surface area contributed by atoms with Crippen LogP contribution in [0.3, 0.4) is 0 Å². The molecule has 4 rings (SSSR count). The summed E-state index contributed by atoms with van der Waals surface area (Å²) in [4.78, 5) is 28.6. The predicted octanol–water partition coefficient (Wildman–Crippen LogP) is 1.95. The van der Waals surface area contributed by atoms with E-state index in [2.05, 4.69) is 10.00 Å². The molecule has 2 aliphatic heterocycles. The van der Waals surface area contributed by atoms with Gasteiger partial charge in [-0.1, -0.05) is 0 Å². The van der Waals surface area contributed by atoms with Gasteiger partial charge in [-0.2, -0.15) is 5.10 Å². The molecule has 0 bridgehead atoms. The van der Waals surface area contributed by atoms with Crippen LogP contribution in [-0.4, -0.2) is 72.5 Å². The van der Waals surface area contributed by atoms with Crippen LogP contribution in [0.2, 0.25) is 0 Å². The number of sulfone groups is 1. The zero-order valence-corrected chi connectivity index (χ0v) is 19.7. The van der Waals surface area contributed by atoms with Crippen LogP contribution in [0, 0.1) is 13.8 Å². The fourth-order valence-electron chi connectivity index (χ4n) is 4.66. The highest BCUT2D eigenvalue weighted by Crippen LogP contribution is 2.27. The Morgan fingerprint density at radius 3 is 2.28 bits per heavy atom. The molecule has 2 aromatic rings. The Kier molecular flexibility index (Phi) is 6.11. The number of benzene rings is 1. The average molecular weight is 459 g/mol. The van der Waals surface area contributed by atoms with E-state index in [1.54, 1.807) is 6.92 Å². The summed E-state index contributed by atoms with van der Waals surface area (Å²) in [5, 5.41) is 4.58. The summed E-state index contributed by atoms with van der Waals surface area (Å²) < 4.78 is 25.5. The quantitative estimate of drug-likeness (QED) is 0.636. The number of hydrogen-bond donors (Lipinski definition) is 0. The maximum atomic E-state index is 13.0. The van der Waals surface area contributed by atoms with Crippen LogP contribution in [0.1, 0.15) is 46.7 Å². The van der Waals surface area contributed by atoms with Gasteiger partial charge in [0.25, 0.3) is 0 Å². The van der Waals surface area contributed by atoms with Crippen molar-refractivity contribution in [2.24, 2.45) is 0 Å². The molecule has 0 spiro atoms. The second-order valence-corrected chi connectivity index (χ2v) is 11.0. The van der Waals surface area contributed by atoms with Gasteiger partial charge in [-0.05, 0) is 51.5 Å². The molecule has 32 heavy (non-hydrogen) atoms. The maximum Gasteiger partial charge on any atom is 0.227 e. The molecule has 1 aromatic carbocycles. The molecule has 0 saturated carbocycles.